The van der Waals surface area contributed by atoms with Crippen molar-refractivity contribution in [2.45, 2.75) is 12.8 Å². The molecule has 3 rings (SSSR count). The molecule has 2 N–H and O–H groups in total. The monoisotopic (exact) mass is 284 g/mol. The van der Waals surface area contributed by atoms with E-state index >= 15 is 0 Å². The second-order valence-corrected chi connectivity index (χ2v) is 5.87. The molecule has 21 heavy (non-hydrogen) atoms. The molecule has 110 valence electrons. The van der Waals surface area contributed by atoms with Crippen molar-refractivity contribution >= 4 is 5.91 Å². The number of aliphatic hydroxyl groups is 1. The van der Waals surface area contributed by atoms with Crippen LogP contribution in [0.5, 0.6) is 0 Å². The van der Waals surface area contributed by atoms with Crippen LogP contribution in [-0.2, 0) is 7.05 Å². The first-order valence-corrected chi connectivity index (χ1v) is 7.25. The fourth-order valence-electron chi connectivity index (χ4n) is 2.56. The first-order chi connectivity index (χ1) is 10.2. The molecule has 1 heterocycles. The van der Waals surface area contributed by atoms with Gasteiger partial charge in [0.1, 0.15) is 5.69 Å². The Bertz CT molecular complexity index is 642. The van der Waals surface area contributed by atoms with Gasteiger partial charge in [-0.15, -0.1) is 0 Å². The Morgan fingerprint density at radius 3 is 2.57 bits per heavy atom. The second-order valence-electron chi connectivity index (χ2n) is 5.87. The maximum Gasteiger partial charge on any atom is 0.267 e. The highest BCUT2D eigenvalue weighted by molar-refractivity contribution is 5.93. The summed E-state index contributed by atoms with van der Waals surface area (Å²) < 4.78 is 1.91. The van der Waals surface area contributed by atoms with Crippen molar-refractivity contribution in [3.05, 3.63) is 48.2 Å². The molecule has 0 aliphatic heterocycles. The number of carbonyl (C=O) groups is 1. The largest absolute Gasteiger partial charge is 0.396 e. The number of aliphatic hydroxyl groups excluding tert-OH is 1. The third kappa shape index (κ3) is 2.72. The van der Waals surface area contributed by atoms with E-state index in [1.165, 1.54) is 0 Å². The molecule has 0 atom stereocenters. The van der Waals surface area contributed by atoms with Crippen molar-refractivity contribution in [3.63, 3.8) is 0 Å². The number of benzene rings is 1. The summed E-state index contributed by atoms with van der Waals surface area (Å²) in [6.45, 7) is 0.698. The van der Waals surface area contributed by atoms with Crippen molar-refractivity contribution in [2.24, 2.45) is 12.5 Å². The smallest absolute Gasteiger partial charge is 0.267 e. The van der Waals surface area contributed by atoms with Gasteiger partial charge >= 0.3 is 0 Å². The number of aromatic nitrogens is 1. The van der Waals surface area contributed by atoms with Crippen LogP contribution in [0.3, 0.4) is 0 Å². The molecule has 4 heteroatoms. The summed E-state index contributed by atoms with van der Waals surface area (Å²) in [6, 6.07) is 13.8. The van der Waals surface area contributed by atoms with Crippen LogP contribution in [0.25, 0.3) is 11.3 Å². The molecule has 2 aromatic rings. The Morgan fingerprint density at radius 1 is 1.24 bits per heavy atom. The number of nitrogens with one attached hydrogen (secondary N) is 1. The van der Waals surface area contributed by atoms with E-state index in [1.807, 2.05) is 54.1 Å². The van der Waals surface area contributed by atoms with Gasteiger partial charge in [0.25, 0.3) is 5.91 Å². The average Bonchev–Trinajstić information content (AvgIpc) is 3.21. The van der Waals surface area contributed by atoms with Gasteiger partial charge in [0.2, 0.25) is 0 Å². The Kier molecular flexibility index (Phi) is 3.55. The minimum absolute atomic E-state index is 0.0664. The van der Waals surface area contributed by atoms with Crippen LogP contribution in [0.1, 0.15) is 23.3 Å². The Morgan fingerprint density at radius 2 is 1.95 bits per heavy atom. The van der Waals surface area contributed by atoms with Gasteiger partial charge in [0.05, 0.1) is 6.61 Å². The van der Waals surface area contributed by atoms with Crippen molar-refractivity contribution < 1.29 is 9.90 Å². The lowest BCUT2D eigenvalue weighted by Gasteiger charge is -2.13. The molecule has 0 bridgehead atoms. The standard InChI is InChI=1S/C17H20N2O2/c1-19-14(13-5-3-2-4-6-13)7-8-15(19)16(21)18-11-17(12-20)9-10-17/h2-8,20H,9-12H2,1H3,(H,18,21). The number of rotatable bonds is 5. The SMILES string of the molecule is Cn1c(C(=O)NCC2(CO)CC2)ccc1-c1ccccc1. The zero-order valence-electron chi connectivity index (χ0n) is 12.2. The minimum Gasteiger partial charge on any atom is -0.396 e. The van der Waals surface area contributed by atoms with Crippen LogP contribution >= 0.6 is 0 Å². The Balaban J connectivity index is 1.74. The van der Waals surface area contributed by atoms with E-state index in [9.17, 15) is 9.90 Å². The Labute approximate surface area is 124 Å². The topological polar surface area (TPSA) is 54.3 Å². The predicted molar refractivity (Wildman–Crippen MR) is 81.9 cm³/mol. The minimum atomic E-state index is -0.0839. The highest BCUT2D eigenvalue weighted by Crippen LogP contribution is 2.44. The van der Waals surface area contributed by atoms with Gasteiger partial charge in [0.15, 0.2) is 0 Å². The summed E-state index contributed by atoms with van der Waals surface area (Å²) in [6.07, 6.45) is 1.98. The van der Waals surface area contributed by atoms with Gasteiger partial charge < -0.3 is 15.0 Å². The van der Waals surface area contributed by atoms with Gasteiger partial charge in [0, 0.05) is 24.7 Å². The number of carbonyl (C=O) groups excluding carboxylic acids is 1. The van der Waals surface area contributed by atoms with Crippen LogP contribution in [0.2, 0.25) is 0 Å². The summed E-state index contributed by atoms with van der Waals surface area (Å²) in [5.74, 6) is -0.0839. The molecule has 4 nitrogen and oxygen atoms in total. The third-order valence-electron chi connectivity index (χ3n) is 4.34. The van der Waals surface area contributed by atoms with Crippen molar-refractivity contribution in [2.75, 3.05) is 13.2 Å². The molecule has 0 spiro atoms. The van der Waals surface area contributed by atoms with Crippen molar-refractivity contribution in [1.82, 2.24) is 9.88 Å². The van der Waals surface area contributed by atoms with E-state index in [-0.39, 0.29) is 17.9 Å². The Hall–Kier alpha value is -2.07. The summed E-state index contributed by atoms with van der Waals surface area (Å²) in [5.41, 5.74) is 2.68. The maximum absolute atomic E-state index is 12.3. The molecule has 1 amide bonds. The summed E-state index contributed by atoms with van der Waals surface area (Å²) >= 11 is 0. The number of nitrogens with zero attached hydrogens (tertiary/aromatic N) is 1. The molecule has 0 unspecified atom stereocenters. The number of hydrogen-bond acceptors (Lipinski definition) is 2. The molecule has 1 fully saturated rings. The quantitative estimate of drug-likeness (QED) is 0.884. The maximum atomic E-state index is 12.3. The van der Waals surface area contributed by atoms with Crippen molar-refractivity contribution in [1.29, 1.82) is 0 Å². The summed E-state index contributed by atoms with van der Waals surface area (Å²) in [5, 5.41) is 12.2. The van der Waals surface area contributed by atoms with Gasteiger partial charge in [-0.05, 0) is 30.5 Å². The van der Waals surface area contributed by atoms with E-state index in [4.69, 9.17) is 0 Å². The van der Waals surface area contributed by atoms with E-state index in [2.05, 4.69) is 5.32 Å². The van der Waals surface area contributed by atoms with Crippen molar-refractivity contribution in [3.8, 4) is 11.3 Å². The van der Waals surface area contributed by atoms with Crippen LogP contribution in [0.4, 0.5) is 0 Å². The molecule has 0 saturated heterocycles. The average molecular weight is 284 g/mol. The first-order valence-electron chi connectivity index (χ1n) is 7.25. The van der Waals surface area contributed by atoms with E-state index < -0.39 is 0 Å². The highest BCUT2D eigenvalue weighted by atomic mass is 16.3. The fourth-order valence-corrected chi connectivity index (χ4v) is 2.56. The van der Waals surface area contributed by atoms with E-state index in [1.54, 1.807) is 0 Å². The second kappa shape index (κ2) is 5.37. The fraction of sp³-hybridized carbons (Fsp3) is 0.353. The molecule has 1 aliphatic rings. The van der Waals surface area contributed by atoms with Crippen LogP contribution in [0, 0.1) is 5.41 Å². The number of amides is 1. The molecular weight excluding hydrogens is 264 g/mol. The van der Waals surface area contributed by atoms with Crippen LogP contribution in [-0.4, -0.2) is 28.7 Å². The lowest BCUT2D eigenvalue weighted by Crippen LogP contribution is -2.32. The zero-order valence-corrected chi connectivity index (χ0v) is 12.2. The number of hydrogen-bond donors (Lipinski definition) is 2. The first kappa shape index (κ1) is 13.9. The van der Waals surface area contributed by atoms with E-state index in [0.29, 0.717) is 12.2 Å². The lowest BCUT2D eigenvalue weighted by atomic mass is 10.1. The molecular formula is C17H20N2O2. The normalized spacial score (nSPS) is 15.7. The van der Waals surface area contributed by atoms with Gasteiger partial charge in [-0.25, -0.2) is 0 Å². The predicted octanol–water partition coefficient (Wildman–Crippen LogP) is 2.19. The molecule has 1 aliphatic carbocycles. The van der Waals surface area contributed by atoms with E-state index in [0.717, 1.165) is 24.1 Å². The third-order valence-corrected chi connectivity index (χ3v) is 4.34. The molecule has 1 saturated carbocycles. The van der Waals surface area contributed by atoms with Crippen LogP contribution in [0.15, 0.2) is 42.5 Å². The van der Waals surface area contributed by atoms with Gasteiger partial charge in [-0.3, -0.25) is 4.79 Å². The molecule has 1 aromatic heterocycles. The zero-order chi connectivity index (χ0) is 14.9. The summed E-state index contributed by atoms with van der Waals surface area (Å²) in [7, 11) is 1.90. The van der Waals surface area contributed by atoms with Crippen LogP contribution < -0.4 is 5.32 Å². The van der Waals surface area contributed by atoms with Gasteiger partial charge in [-0.1, -0.05) is 30.3 Å². The lowest BCUT2D eigenvalue weighted by molar-refractivity contribution is 0.0927. The summed E-state index contributed by atoms with van der Waals surface area (Å²) in [4.78, 5) is 12.3. The molecule has 0 radical (unpaired) electrons. The highest BCUT2D eigenvalue weighted by Gasteiger charge is 2.42. The van der Waals surface area contributed by atoms with Gasteiger partial charge in [-0.2, -0.15) is 0 Å². The molecule has 1 aromatic carbocycles.